The summed E-state index contributed by atoms with van der Waals surface area (Å²) >= 11 is 0. The second kappa shape index (κ2) is 8.28. The van der Waals surface area contributed by atoms with Crippen molar-refractivity contribution in [3.63, 3.8) is 0 Å². The fraction of sp³-hybridized carbons (Fsp3) is 0.333. The molecule has 0 aliphatic heterocycles. The molecule has 1 unspecified atom stereocenters. The van der Waals surface area contributed by atoms with Crippen molar-refractivity contribution in [2.24, 2.45) is 0 Å². The summed E-state index contributed by atoms with van der Waals surface area (Å²) in [7, 11) is 0. The van der Waals surface area contributed by atoms with Gasteiger partial charge >= 0.3 is 0 Å². The van der Waals surface area contributed by atoms with Gasteiger partial charge in [0.05, 0.1) is 10.4 Å². The summed E-state index contributed by atoms with van der Waals surface area (Å²) in [6.45, 7) is 8.28. The van der Waals surface area contributed by atoms with Gasteiger partial charge in [-0.15, -0.1) is 19.0 Å². The zero-order valence-corrected chi connectivity index (χ0v) is 13.9. The Morgan fingerprint density at radius 2 is 2.17 bits per heavy atom. The van der Waals surface area contributed by atoms with Crippen LogP contribution in [0.25, 0.3) is 10.9 Å². The van der Waals surface area contributed by atoms with Crippen molar-refractivity contribution in [3.8, 4) is 0 Å². The Labute approximate surface area is 140 Å². The Kier molecular flexibility index (Phi) is 6.71. The molecule has 0 radical (unpaired) electrons. The lowest BCUT2D eigenvalue weighted by Crippen LogP contribution is -2.16. The average Bonchev–Trinajstić information content (AvgIpc) is 2.51. The van der Waals surface area contributed by atoms with Crippen LogP contribution < -0.4 is 10.6 Å². The SMILES string of the molecule is C=CCNc1nc(NC(C)CC)nc2ccc([N+](=O)[O-])cc12.Cl. The van der Waals surface area contributed by atoms with Crippen molar-refractivity contribution in [2.45, 2.75) is 26.3 Å². The molecule has 124 valence electrons. The number of halogens is 1. The highest BCUT2D eigenvalue weighted by atomic mass is 35.5. The lowest BCUT2D eigenvalue weighted by Gasteiger charge is -2.14. The molecule has 2 N–H and O–H groups in total. The van der Waals surface area contributed by atoms with E-state index in [0.29, 0.717) is 29.2 Å². The third-order valence-corrected chi connectivity index (χ3v) is 3.29. The van der Waals surface area contributed by atoms with Crippen LogP contribution in [-0.4, -0.2) is 27.5 Å². The summed E-state index contributed by atoms with van der Waals surface area (Å²) in [6, 6.07) is 4.80. The number of hydrogen-bond acceptors (Lipinski definition) is 6. The maximum absolute atomic E-state index is 10.9. The van der Waals surface area contributed by atoms with Gasteiger partial charge in [0.1, 0.15) is 5.82 Å². The Balaban J connectivity index is 0.00000264. The predicted octanol–water partition coefficient (Wildman–Crippen LogP) is 3.77. The highest BCUT2D eigenvalue weighted by molar-refractivity contribution is 5.91. The molecule has 0 fully saturated rings. The molecule has 0 spiro atoms. The van der Waals surface area contributed by atoms with Gasteiger partial charge in [-0.3, -0.25) is 10.1 Å². The van der Waals surface area contributed by atoms with Crippen molar-refractivity contribution in [1.29, 1.82) is 0 Å². The van der Waals surface area contributed by atoms with Crippen molar-refractivity contribution < 1.29 is 4.92 Å². The molecule has 0 saturated carbocycles. The number of rotatable bonds is 7. The zero-order chi connectivity index (χ0) is 16.1. The van der Waals surface area contributed by atoms with Crippen LogP contribution in [-0.2, 0) is 0 Å². The number of nitrogens with one attached hydrogen (secondary N) is 2. The van der Waals surface area contributed by atoms with Gasteiger partial charge in [0.25, 0.3) is 5.69 Å². The second-order valence-corrected chi connectivity index (χ2v) is 4.98. The molecule has 0 amide bonds. The molecule has 1 aromatic heterocycles. The normalized spacial score (nSPS) is 11.4. The fourth-order valence-electron chi connectivity index (χ4n) is 1.92. The van der Waals surface area contributed by atoms with Crippen LogP contribution >= 0.6 is 12.4 Å². The highest BCUT2D eigenvalue weighted by Crippen LogP contribution is 2.26. The van der Waals surface area contributed by atoms with Crippen LogP contribution in [0, 0.1) is 10.1 Å². The van der Waals surface area contributed by atoms with E-state index < -0.39 is 4.92 Å². The molecule has 0 aliphatic rings. The van der Waals surface area contributed by atoms with Crippen molar-refractivity contribution in [2.75, 3.05) is 17.2 Å². The Bertz CT molecular complexity index is 708. The standard InChI is InChI=1S/C15H19N5O2.ClH/c1-4-8-16-14-12-9-11(20(21)22)6-7-13(12)18-15(19-14)17-10(3)5-2;/h4,6-7,9-10H,1,5,8H2,2-3H3,(H2,16,17,18,19);1H. The van der Waals surface area contributed by atoms with Crippen LogP contribution in [0.2, 0.25) is 0 Å². The molecule has 1 atom stereocenters. The number of anilines is 2. The highest BCUT2D eigenvalue weighted by Gasteiger charge is 2.13. The maximum atomic E-state index is 10.9. The minimum Gasteiger partial charge on any atom is -0.366 e. The number of fused-ring (bicyclic) bond motifs is 1. The molecule has 23 heavy (non-hydrogen) atoms. The van der Waals surface area contributed by atoms with Crippen LogP contribution in [0.4, 0.5) is 17.5 Å². The Morgan fingerprint density at radius 3 is 2.78 bits per heavy atom. The number of nitrogens with zero attached hydrogens (tertiary/aromatic N) is 3. The number of benzene rings is 1. The number of nitro groups is 1. The van der Waals surface area contributed by atoms with E-state index in [1.807, 2.05) is 6.92 Å². The lowest BCUT2D eigenvalue weighted by molar-refractivity contribution is -0.384. The van der Waals surface area contributed by atoms with Crippen LogP contribution in [0.5, 0.6) is 0 Å². The largest absolute Gasteiger partial charge is 0.366 e. The van der Waals surface area contributed by atoms with Gasteiger partial charge in [-0.05, 0) is 19.4 Å². The summed E-state index contributed by atoms with van der Waals surface area (Å²) < 4.78 is 0. The Morgan fingerprint density at radius 1 is 1.43 bits per heavy atom. The van der Waals surface area contributed by atoms with Gasteiger partial charge < -0.3 is 10.6 Å². The average molecular weight is 338 g/mol. The molecule has 0 bridgehead atoms. The van der Waals surface area contributed by atoms with Crippen LogP contribution in [0.15, 0.2) is 30.9 Å². The van der Waals surface area contributed by atoms with E-state index in [0.717, 1.165) is 6.42 Å². The molecule has 1 aromatic carbocycles. The first-order valence-electron chi connectivity index (χ1n) is 7.12. The first kappa shape index (κ1) is 18.6. The van der Waals surface area contributed by atoms with Gasteiger partial charge in [-0.25, -0.2) is 4.98 Å². The van der Waals surface area contributed by atoms with E-state index in [2.05, 4.69) is 34.1 Å². The fourth-order valence-corrected chi connectivity index (χ4v) is 1.92. The number of non-ortho nitro benzene ring substituents is 1. The third-order valence-electron chi connectivity index (χ3n) is 3.29. The van der Waals surface area contributed by atoms with E-state index in [-0.39, 0.29) is 24.1 Å². The molecular weight excluding hydrogens is 318 g/mol. The van der Waals surface area contributed by atoms with Crippen LogP contribution in [0.1, 0.15) is 20.3 Å². The number of hydrogen-bond donors (Lipinski definition) is 2. The predicted molar refractivity (Wildman–Crippen MR) is 95.5 cm³/mol. The van der Waals surface area contributed by atoms with Crippen LogP contribution in [0.3, 0.4) is 0 Å². The van der Waals surface area contributed by atoms with Gasteiger partial charge in [-0.1, -0.05) is 13.0 Å². The minimum absolute atomic E-state index is 0. The Hall–Kier alpha value is -2.41. The molecule has 0 aliphatic carbocycles. The van der Waals surface area contributed by atoms with Gasteiger partial charge in [0, 0.05) is 30.1 Å². The second-order valence-electron chi connectivity index (χ2n) is 4.98. The van der Waals surface area contributed by atoms with E-state index in [1.165, 1.54) is 12.1 Å². The van der Waals surface area contributed by atoms with Gasteiger partial charge in [0.2, 0.25) is 5.95 Å². The summed E-state index contributed by atoms with van der Waals surface area (Å²) in [5.41, 5.74) is 0.665. The summed E-state index contributed by atoms with van der Waals surface area (Å²) in [4.78, 5) is 19.4. The third kappa shape index (κ3) is 4.53. The lowest BCUT2D eigenvalue weighted by atomic mass is 10.2. The van der Waals surface area contributed by atoms with Crippen molar-refractivity contribution in [1.82, 2.24) is 9.97 Å². The smallest absolute Gasteiger partial charge is 0.270 e. The monoisotopic (exact) mass is 337 g/mol. The van der Waals surface area contributed by atoms with E-state index >= 15 is 0 Å². The van der Waals surface area contributed by atoms with E-state index in [4.69, 9.17) is 0 Å². The zero-order valence-electron chi connectivity index (χ0n) is 13.1. The quantitative estimate of drug-likeness (QED) is 0.454. The first-order valence-corrected chi connectivity index (χ1v) is 7.12. The number of aromatic nitrogens is 2. The van der Waals surface area contributed by atoms with Crippen molar-refractivity contribution >= 4 is 40.8 Å². The maximum Gasteiger partial charge on any atom is 0.270 e. The molecular formula is C15H20ClN5O2. The van der Waals surface area contributed by atoms with Crippen molar-refractivity contribution in [3.05, 3.63) is 41.0 Å². The van der Waals surface area contributed by atoms with E-state index in [9.17, 15) is 10.1 Å². The molecule has 1 heterocycles. The minimum atomic E-state index is -0.429. The molecule has 7 nitrogen and oxygen atoms in total. The topological polar surface area (TPSA) is 93.0 Å². The number of nitro benzene ring substituents is 1. The molecule has 0 saturated heterocycles. The molecule has 2 aromatic rings. The molecule has 8 heteroatoms. The summed E-state index contributed by atoms with van der Waals surface area (Å²) in [5.74, 6) is 1.06. The summed E-state index contributed by atoms with van der Waals surface area (Å²) in [6.07, 6.45) is 2.64. The van der Waals surface area contributed by atoms with E-state index in [1.54, 1.807) is 12.1 Å². The summed E-state index contributed by atoms with van der Waals surface area (Å²) in [5, 5.41) is 17.9. The van der Waals surface area contributed by atoms with Gasteiger partial charge in [-0.2, -0.15) is 4.98 Å². The van der Waals surface area contributed by atoms with Gasteiger partial charge in [0.15, 0.2) is 0 Å². The molecule has 2 rings (SSSR count). The first-order chi connectivity index (χ1) is 10.5.